The SMILES string of the molecule is COc1cc(N2CCCC2C2CCCC2)c(F)cc1N. The molecule has 0 radical (unpaired) electrons. The van der Waals surface area contributed by atoms with Crippen molar-refractivity contribution in [1.82, 2.24) is 0 Å². The van der Waals surface area contributed by atoms with Gasteiger partial charge in [0.15, 0.2) is 0 Å². The normalized spacial score (nSPS) is 23.5. The molecule has 1 aliphatic heterocycles. The lowest BCUT2D eigenvalue weighted by Gasteiger charge is -2.32. The third-order valence-corrected chi connectivity index (χ3v) is 4.85. The molecule has 3 rings (SSSR count). The Hall–Kier alpha value is -1.45. The highest BCUT2D eigenvalue weighted by Crippen LogP contribution is 2.40. The first-order chi connectivity index (χ1) is 9.70. The zero-order chi connectivity index (χ0) is 14.1. The van der Waals surface area contributed by atoms with E-state index in [-0.39, 0.29) is 5.82 Å². The molecule has 1 aliphatic carbocycles. The number of nitrogen functional groups attached to an aromatic ring is 1. The zero-order valence-corrected chi connectivity index (χ0v) is 12.1. The summed E-state index contributed by atoms with van der Waals surface area (Å²) >= 11 is 0. The van der Waals surface area contributed by atoms with Crippen molar-refractivity contribution in [1.29, 1.82) is 0 Å². The van der Waals surface area contributed by atoms with Gasteiger partial charge in [-0.2, -0.15) is 0 Å². The van der Waals surface area contributed by atoms with Crippen molar-refractivity contribution in [2.24, 2.45) is 5.92 Å². The number of nitrogens with zero attached hydrogens (tertiary/aromatic N) is 1. The van der Waals surface area contributed by atoms with Gasteiger partial charge in [-0.15, -0.1) is 0 Å². The molecule has 1 aromatic carbocycles. The first-order valence-corrected chi connectivity index (χ1v) is 7.60. The van der Waals surface area contributed by atoms with Gasteiger partial charge in [0.2, 0.25) is 0 Å². The van der Waals surface area contributed by atoms with Crippen LogP contribution in [0.1, 0.15) is 38.5 Å². The lowest BCUT2D eigenvalue weighted by molar-refractivity contribution is 0.412. The molecule has 3 nitrogen and oxygen atoms in total. The molecule has 4 heteroatoms. The van der Waals surface area contributed by atoms with Crippen molar-refractivity contribution in [2.45, 2.75) is 44.6 Å². The maximum atomic E-state index is 14.3. The summed E-state index contributed by atoms with van der Waals surface area (Å²) in [4.78, 5) is 2.24. The molecule has 0 aromatic heterocycles. The molecule has 110 valence electrons. The fourth-order valence-corrected chi connectivity index (χ4v) is 3.88. The van der Waals surface area contributed by atoms with Gasteiger partial charge in [0.05, 0.1) is 18.5 Å². The van der Waals surface area contributed by atoms with Crippen LogP contribution in [-0.2, 0) is 0 Å². The first kappa shape index (κ1) is 13.5. The summed E-state index contributed by atoms with van der Waals surface area (Å²) in [7, 11) is 1.58. The minimum atomic E-state index is -0.229. The summed E-state index contributed by atoms with van der Waals surface area (Å²) in [5.74, 6) is 1.06. The number of nitrogens with two attached hydrogens (primary N) is 1. The molecule has 0 amide bonds. The van der Waals surface area contributed by atoms with Crippen molar-refractivity contribution < 1.29 is 9.13 Å². The van der Waals surface area contributed by atoms with Gasteiger partial charge < -0.3 is 15.4 Å². The highest BCUT2D eigenvalue weighted by molar-refractivity contribution is 5.64. The van der Waals surface area contributed by atoms with Crippen LogP contribution in [0.25, 0.3) is 0 Å². The Kier molecular flexibility index (Phi) is 3.72. The number of ether oxygens (including phenoxy) is 1. The van der Waals surface area contributed by atoms with Gasteiger partial charge >= 0.3 is 0 Å². The molecule has 1 aromatic rings. The predicted octanol–water partition coefficient (Wildman–Crippen LogP) is 3.58. The monoisotopic (exact) mass is 278 g/mol. The number of benzene rings is 1. The summed E-state index contributed by atoms with van der Waals surface area (Å²) in [6.45, 7) is 0.936. The Morgan fingerprint density at radius 2 is 1.95 bits per heavy atom. The number of hydrogen-bond donors (Lipinski definition) is 1. The number of halogens is 1. The van der Waals surface area contributed by atoms with Crippen LogP contribution in [0.2, 0.25) is 0 Å². The van der Waals surface area contributed by atoms with E-state index in [1.54, 1.807) is 13.2 Å². The van der Waals surface area contributed by atoms with Crippen molar-refractivity contribution in [3.8, 4) is 5.75 Å². The van der Waals surface area contributed by atoms with E-state index < -0.39 is 0 Å². The minimum absolute atomic E-state index is 0.229. The van der Waals surface area contributed by atoms with E-state index in [4.69, 9.17) is 10.5 Å². The fraction of sp³-hybridized carbons (Fsp3) is 0.625. The molecule has 0 bridgehead atoms. The average molecular weight is 278 g/mol. The Morgan fingerprint density at radius 3 is 2.65 bits per heavy atom. The van der Waals surface area contributed by atoms with E-state index in [0.29, 0.717) is 23.2 Å². The molecule has 1 atom stereocenters. The van der Waals surface area contributed by atoms with Gasteiger partial charge in [-0.1, -0.05) is 12.8 Å². The maximum Gasteiger partial charge on any atom is 0.148 e. The van der Waals surface area contributed by atoms with Crippen LogP contribution in [0.5, 0.6) is 5.75 Å². The molecule has 1 unspecified atom stereocenters. The number of anilines is 2. The molecule has 1 saturated heterocycles. The van der Waals surface area contributed by atoms with E-state index in [1.807, 2.05) is 0 Å². The molecular weight excluding hydrogens is 255 g/mol. The Bertz CT molecular complexity index is 486. The van der Waals surface area contributed by atoms with Crippen molar-refractivity contribution in [3.05, 3.63) is 17.9 Å². The Morgan fingerprint density at radius 1 is 1.20 bits per heavy atom. The number of rotatable bonds is 3. The molecule has 1 saturated carbocycles. The second kappa shape index (κ2) is 5.51. The van der Waals surface area contributed by atoms with Crippen LogP contribution in [0.4, 0.5) is 15.8 Å². The quantitative estimate of drug-likeness (QED) is 0.859. The third kappa shape index (κ3) is 2.32. The number of hydrogen-bond acceptors (Lipinski definition) is 3. The van der Waals surface area contributed by atoms with Crippen LogP contribution in [0, 0.1) is 11.7 Å². The van der Waals surface area contributed by atoms with Crippen LogP contribution in [0.15, 0.2) is 12.1 Å². The Balaban J connectivity index is 1.90. The maximum absolute atomic E-state index is 14.3. The van der Waals surface area contributed by atoms with E-state index >= 15 is 0 Å². The molecule has 0 spiro atoms. The second-order valence-corrected chi connectivity index (χ2v) is 5.99. The van der Waals surface area contributed by atoms with Gasteiger partial charge in [-0.25, -0.2) is 4.39 Å². The lowest BCUT2D eigenvalue weighted by Crippen LogP contribution is -2.35. The first-order valence-electron chi connectivity index (χ1n) is 7.60. The lowest BCUT2D eigenvalue weighted by atomic mass is 9.95. The molecule has 1 heterocycles. The largest absolute Gasteiger partial charge is 0.495 e. The van der Waals surface area contributed by atoms with E-state index in [9.17, 15) is 4.39 Å². The second-order valence-electron chi connectivity index (χ2n) is 5.99. The van der Waals surface area contributed by atoms with Gasteiger partial charge in [-0.3, -0.25) is 0 Å². The van der Waals surface area contributed by atoms with Gasteiger partial charge in [0, 0.05) is 24.7 Å². The minimum Gasteiger partial charge on any atom is -0.495 e. The topological polar surface area (TPSA) is 38.5 Å². The van der Waals surface area contributed by atoms with E-state index in [2.05, 4.69) is 4.90 Å². The average Bonchev–Trinajstić information content (AvgIpc) is 3.09. The summed E-state index contributed by atoms with van der Waals surface area (Å²) in [5.41, 5.74) is 6.80. The van der Waals surface area contributed by atoms with Crippen molar-refractivity contribution >= 4 is 11.4 Å². The standard InChI is InChI=1S/C16H23FN2O/c1-20-16-10-15(12(17)9-13(16)18)19-8-4-7-14(19)11-5-2-3-6-11/h9-11,14H,2-8,18H2,1H3. The number of methoxy groups -OCH3 is 1. The van der Waals surface area contributed by atoms with Crippen LogP contribution in [-0.4, -0.2) is 19.7 Å². The van der Waals surface area contributed by atoms with Crippen LogP contribution >= 0.6 is 0 Å². The summed E-state index contributed by atoms with van der Waals surface area (Å²) in [6.07, 6.45) is 7.54. The van der Waals surface area contributed by atoms with Crippen LogP contribution in [0.3, 0.4) is 0 Å². The van der Waals surface area contributed by atoms with Gasteiger partial charge in [0.25, 0.3) is 0 Å². The summed E-state index contributed by atoms with van der Waals surface area (Å²) in [6, 6.07) is 3.64. The highest BCUT2D eigenvalue weighted by Gasteiger charge is 2.34. The smallest absolute Gasteiger partial charge is 0.148 e. The molecule has 2 aliphatic rings. The van der Waals surface area contributed by atoms with Crippen molar-refractivity contribution in [2.75, 3.05) is 24.3 Å². The zero-order valence-electron chi connectivity index (χ0n) is 12.1. The van der Waals surface area contributed by atoms with Crippen molar-refractivity contribution in [3.63, 3.8) is 0 Å². The van der Waals surface area contributed by atoms with E-state index in [1.165, 1.54) is 38.2 Å². The molecular formula is C16H23FN2O. The predicted molar refractivity (Wildman–Crippen MR) is 79.7 cm³/mol. The highest BCUT2D eigenvalue weighted by atomic mass is 19.1. The molecule has 2 N–H and O–H groups in total. The summed E-state index contributed by atoms with van der Waals surface area (Å²) in [5, 5.41) is 0. The van der Waals surface area contributed by atoms with E-state index in [0.717, 1.165) is 18.9 Å². The third-order valence-electron chi connectivity index (χ3n) is 4.85. The van der Waals surface area contributed by atoms with Gasteiger partial charge in [0.1, 0.15) is 11.6 Å². The Labute approximate surface area is 119 Å². The molecule has 2 fully saturated rings. The molecule has 20 heavy (non-hydrogen) atoms. The van der Waals surface area contributed by atoms with Gasteiger partial charge in [-0.05, 0) is 31.6 Å². The summed E-state index contributed by atoms with van der Waals surface area (Å²) < 4.78 is 19.5. The fourth-order valence-electron chi connectivity index (χ4n) is 3.88. The van der Waals surface area contributed by atoms with Crippen LogP contribution < -0.4 is 15.4 Å².